The smallest absolute Gasteiger partial charge is 0.279 e. The Hall–Kier alpha value is -2.24. The van der Waals surface area contributed by atoms with Crippen molar-refractivity contribution in [3.05, 3.63) is 53.1 Å². The van der Waals surface area contributed by atoms with Gasteiger partial charge in [0.15, 0.2) is 18.0 Å². The van der Waals surface area contributed by atoms with Gasteiger partial charge in [-0.2, -0.15) is 0 Å². The van der Waals surface area contributed by atoms with Crippen molar-refractivity contribution in [3.63, 3.8) is 0 Å². The molecule has 6 heteroatoms. The number of rotatable bonds is 5. The van der Waals surface area contributed by atoms with Gasteiger partial charge in [0.05, 0.1) is 7.05 Å². The minimum Gasteiger partial charge on any atom is -0.454 e. The fraction of sp³-hybridized carbons (Fsp3) is 0.235. The standard InChI is InChI=1S/C17H17ClN2O3/c1-20(9-12-4-2-3-5-14(12)18)10-17(21)19-13-6-7-15-16(8-13)23-11-22-15/h2-8H,9-11H2,1H3,(H,19,21)/p+1. The van der Waals surface area contributed by atoms with Gasteiger partial charge >= 0.3 is 0 Å². The van der Waals surface area contributed by atoms with E-state index in [0.29, 0.717) is 30.3 Å². The summed E-state index contributed by atoms with van der Waals surface area (Å²) in [6.45, 7) is 1.26. The first-order valence-electron chi connectivity index (χ1n) is 7.36. The van der Waals surface area contributed by atoms with Crippen LogP contribution in [0.4, 0.5) is 5.69 Å². The van der Waals surface area contributed by atoms with E-state index in [0.717, 1.165) is 15.5 Å². The predicted molar refractivity (Wildman–Crippen MR) is 88.1 cm³/mol. The van der Waals surface area contributed by atoms with Gasteiger partial charge < -0.3 is 19.7 Å². The highest BCUT2D eigenvalue weighted by atomic mass is 35.5. The SMILES string of the molecule is C[NH+](CC(=O)Nc1ccc2c(c1)OCO2)Cc1ccccc1Cl. The van der Waals surface area contributed by atoms with Crippen molar-refractivity contribution in [2.45, 2.75) is 6.54 Å². The lowest BCUT2D eigenvalue weighted by Gasteiger charge is -2.14. The Morgan fingerprint density at radius 2 is 2.00 bits per heavy atom. The summed E-state index contributed by atoms with van der Waals surface area (Å²) in [5.41, 5.74) is 1.73. The van der Waals surface area contributed by atoms with Crippen LogP contribution < -0.4 is 19.7 Å². The van der Waals surface area contributed by atoms with Crippen molar-refractivity contribution in [2.24, 2.45) is 0 Å². The molecule has 1 aliphatic heterocycles. The first-order valence-corrected chi connectivity index (χ1v) is 7.74. The van der Waals surface area contributed by atoms with Crippen LogP contribution in [-0.4, -0.2) is 26.3 Å². The van der Waals surface area contributed by atoms with Crippen LogP contribution in [0.1, 0.15) is 5.56 Å². The molecule has 23 heavy (non-hydrogen) atoms. The van der Waals surface area contributed by atoms with Gasteiger partial charge in [0.2, 0.25) is 6.79 Å². The van der Waals surface area contributed by atoms with Crippen molar-refractivity contribution in [2.75, 3.05) is 25.7 Å². The van der Waals surface area contributed by atoms with E-state index in [1.165, 1.54) is 0 Å². The Morgan fingerprint density at radius 1 is 1.22 bits per heavy atom. The maximum Gasteiger partial charge on any atom is 0.279 e. The van der Waals surface area contributed by atoms with Crippen LogP contribution in [0.25, 0.3) is 0 Å². The molecule has 120 valence electrons. The molecule has 3 rings (SSSR count). The van der Waals surface area contributed by atoms with Crippen LogP contribution in [0.15, 0.2) is 42.5 Å². The van der Waals surface area contributed by atoms with Crippen LogP contribution in [0.2, 0.25) is 5.02 Å². The molecule has 1 aliphatic rings. The molecule has 2 N–H and O–H groups in total. The second-order valence-electron chi connectivity index (χ2n) is 5.52. The fourth-order valence-corrected chi connectivity index (χ4v) is 2.69. The summed E-state index contributed by atoms with van der Waals surface area (Å²) < 4.78 is 10.5. The number of halogens is 1. The number of benzene rings is 2. The number of quaternary nitrogens is 1. The predicted octanol–water partition coefficient (Wildman–Crippen LogP) is 1.72. The van der Waals surface area contributed by atoms with Crippen molar-refractivity contribution in [1.82, 2.24) is 0 Å². The molecule has 1 heterocycles. The van der Waals surface area contributed by atoms with Crippen LogP contribution >= 0.6 is 11.6 Å². The van der Waals surface area contributed by atoms with Crippen molar-refractivity contribution in [3.8, 4) is 11.5 Å². The molecule has 0 saturated carbocycles. The largest absolute Gasteiger partial charge is 0.454 e. The van der Waals surface area contributed by atoms with Crippen LogP contribution in [0.5, 0.6) is 11.5 Å². The highest BCUT2D eigenvalue weighted by Crippen LogP contribution is 2.34. The van der Waals surface area contributed by atoms with E-state index in [1.54, 1.807) is 18.2 Å². The molecule has 0 aliphatic carbocycles. The maximum atomic E-state index is 12.2. The summed E-state index contributed by atoms with van der Waals surface area (Å²) in [5, 5.41) is 3.60. The summed E-state index contributed by atoms with van der Waals surface area (Å²) in [6, 6.07) is 13.0. The molecule has 0 spiro atoms. The quantitative estimate of drug-likeness (QED) is 0.876. The summed E-state index contributed by atoms with van der Waals surface area (Å²) in [4.78, 5) is 13.2. The third-order valence-electron chi connectivity index (χ3n) is 3.57. The zero-order valence-electron chi connectivity index (χ0n) is 12.8. The van der Waals surface area contributed by atoms with Crippen LogP contribution in [0.3, 0.4) is 0 Å². The third kappa shape index (κ3) is 3.94. The number of hydrogen-bond donors (Lipinski definition) is 2. The van der Waals surface area contributed by atoms with E-state index in [1.807, 2.05) is 31.3 Å². The number of likely N-dealkylation sites (N-methyl/N-ethyl adjacent to an activating group) is 1. The fourth-order valence-electron chi connectivity index (χ4n) is 2.48. The number of carbonyl (C=O) groups excluding carboxylic acids is 1. The molecule has 2 aromatic rings. The molecule has 1 amide bonds. The number of fused-ring (bicyclic) bond motifs is 1. The second kappa shape index (κ2) is 6.89. The van der Waals surface area contributed by atoms with Gasteiger partial charge in [0, 0.05) is 22.3 Å². The van der Waals surface area contributed by atoms with Gasteiger partial charge in [-0.1, -0.05) is 29.8 Å². The third-order valence-corrected chi connectivity index (χ3v) is 3.94. The van der Waals surface area contributed by atoms with Crippen molar-refractivity contribution in [1.29, 1.82) is 0 Å². The summed E-state index contributed by atoms with van der Waals surface area (Å²) in [6.07, 6.45) is 0. The lowest BCUT2D eigenvalue weighted by Crippen LogP contribution is -3.08. The molecule has 0 aromatic heterocycles. The molecule has 2 aromatic carbocycles. The van der Waals surface area contributed by atoms with Crippen molar-refractivity contribution < 1.29 is 19.2 Å². The van der Waals surface area contributed by atoms with Gasteiger partial charge in [0.1, 0.15) is 6.54 Å². The number of carbonyl (C=O) groups is 1. The Bertz CT molecular complexity index is 721. The monoisotopic (exact) mass is 333 g/mol. The van der Waals surface area contributed by atoms with Gasteiger partial charge in [-0.3, -0.25) is 4.79 Å². The highest BCUT2D eigenvalue weighted by molar-refractivity contribution is 6.31. The van der Waals surface area contributed by atoms with Gasteiger partial charge in [-0.05, 0) is 18.2 Å². The molecule has 1 atom stereocenters. The highest BCUT2D eigenvalue weighted by Gasteiger charge is 2.16. The van der Waals surface area contributed by atoms with E-state index >= 15 is 0 Å². The zero-order valence-corrected chi connectivity index (χ0v) is 13.5. The molecular formula is C17H18ClN2O3+. The number of amides is 1. The minimum atomic E-state index is -0.0616. The summed E-state index contributed by atoms with van der Waals surface area (Å²) in [5.74, 6) is 1.29. The van der Waals surface area contributed by atoms with Gasteiger partial charge in [-0.25, -0.2) is 0 Å². The first-order chi connectivity index (χ1) is 11.1. The number of ether oxygens (including phenoxy) is 2. The first kappa shape index (κ1) is 15.6. The normalized spacial score (nSPS) is 13.7. The Labute approximate surface area is 139 Å². The zero-order chi connectivity index (χ0) is 16.2. The Balaban J connectivity index is 1.55. The summed E-state index contributed by atoms with van der Waals surface area (Å²) in [7, 11) is 1.96. The Morgan fingerprint density at radius 3 is 2.83 bits per heavy atom. The topological polar surface area (TPSA) is 52.0 Å². The average molecular weight is 334 g/mol. The molecule has 0 bridgehead atoms. The number of nitrogens with one attached hydrogen (secondary N) is 2. The van der Waals surface area contributed by atoms with E-state index in [-0.39, 0.29) is 12.7 Å². The number of anilines is 1. The van der Waals surface area contributed by atoms with E-state index in [2.05, 4.69) is 5.32 Å². The molecule has 0 saturated heterocycles. The van der Waals surface area contributed by atoms with Gasteiger partial charge in [0.25, 0.3) is 5.91 Å². The molecule has 1 unspecified atom stereocenters. The Kier molecular flexibility index (Phi) is 4.69. The molecule has 0 fully saturated rings. The number of hydrogen-bond acceptors (Lipinski definition) is 3. The van der Waals surface area contributed by atoms with Crippen molar-refractivity contribution >= 4 is 23.2 Å². The maximum absolute atomic E-state index is 12.2. The molecular weight excluding hydrogens is 316 g/mol. The lowest BCUT2D eigenvalue weighted by molar-refractivity contribution is -0.885. The second-order valence-corrected chi connectivity index (χ2v) is 5.93. The minimum absolute atomic E-state index is 0.0616. The average Bonchev–Trinajstić information content (AvgIpc) is 2.97. The molecule has 0 radical (unpaired) electrons. The molecule has 5 nitrogen and oxygen atoms in total. The van der Waals surface area contributed by atoms with Gasteiger partial charge in [-0.15, -0.1) is 0 Å². The van der Waals surface area contributed by atoms with E-state index in [4.69, 9.17) is 21.1 Å². The van der Waals surface area contributed by atoms with E-state index < -0.39 is 0 Å². The van der Waals surface area contributed by atoms with Crippen LogP contribution in [0, 0.1) is 0 Å². The van der Waals surface area contributed by atoms with E-state index in [9.17, 15) is 4.79 Å². The van der Waals surface area contributed by atoms with Crippen LogP contribution in [-0.2, 0) is 11.3 Å². The summed E-state index contributed by atoms with van der Waals surface area (Å²) >= 11 is 6.15. The lowest BCUT2D eigenvalue weighted by atomic mass is 10.2.